The fourth-order valence-corrected chi connectivity index (χ4v) is 3.70. The molecule has 0 atom stereocenters. The highest BCUT2D eigenvalue weighted by atomic mass is 32.2. The zero-order valence-corrected chi connectivity index (χ0v) is 16.2. The Balaban J connectivity index is 1.76. The maximum absolute atomic E-state index is 12.1. The Bertz CT molecular complexity index is 1120. The highest BCUT2D eigenvalue weighted by Crippen LogP contribution is 2.29. The van der Waals surface area contributed by atoms with E-state index in [4.69, 9.17) is 0 Å². The maximum atomic E-state index is 12.1. The highest BCUT2D eigenvalue weighted by molar-refractivity contribution is 7.85. The van der Waals surface area contributed by atoms with Gasteiger partial charge in [0.2, 0.25) is 0 Å². The molecule has 2 amide bonds. The lowest BCUT2D eigenvalue weighted by Crippen LogP contribution is -2.19. The molecule has 0 saturated carbocycles. The first-order chi connectivity index (χ1) is 13.2. The van der Waals surface area contributed by atoms with E-state index in [1.54, 1.807) is 49.4 Å². The largest absolute Gasteiger partial charge is 0.323 e. The number of urea groups is 1. The van der Waals surface area contributed by atoms with Crippen LogP contribution in [0.1, 0.15) is 11.1 Å². The van der Waals surface area contributed by atoms with Gasteiger partial charge in [0.05, 0.1) is 4.90 Å². The van der Waals surface area contributed by atoms with Crippen molar-refractivity contribution in [1.29, 1.82) is 0 Å². The third-order valence-electron chi connectivity index (χ3n) is 4.29. The summed E-state index contributed by atoms with van der Waals surface area (Å²) in [6.45, 7) is 3.58. The summed E-state index contributed by atoms with van der Waals surface area (Å²) in [5.74, 6) is 0. The fourth-order valence-electron chi connectivity index (χ4n) is 2.96. The molecule has 6 nitrogen and oxygen atoms in total. The van der Waals surface area contributed by atoms with E-state index in [0.29, 0.717) is 22.5 Å². The summed E-state index contributed by atoms with van der Waals surface area (Å²) in [6.07, 6.45) is 0. The quantitative estimate of drug-likeness (QED) is 0.549. The van der Waals surface area contributed by atoms with Crippen LogP contribution >= 0.6 is 0 Å². The van der Waals surface area contributed by atoms with E-state index in [-0.39, 0.29) is 10.9 Å². The van der Waals surface area contributed by atoms with Gasteiger partial charge in [-0.2, -0.15) is 8.42 Å². The van der Waals surface area contributed by atoms with Crippen LogP contribution in [0.3, 0.4) is 0 Å². The number of carbonyl (C=O) groups excluding carboxylic acids is 1. The Morgan fingerprint density at radius 1 is 0.857 bits per heavy atom. The second-order valence-corrected chi connectivity index (χ2v) is 7.82. The van der Waals surface area contributed by atoms with Gasteiger partial charge < -0.3 is 10.6 Å². The Morgan fingerprint density at radius 3 is 2.14 bits per heavy atom. The molecule has 0 aliphatic carbocycles. The lowest BCUT2D eigenvalue weighted by Gasteiger charge is -2.11. The summed E-state index contributed by atoms with van der Waals surface area (Å²) in [6, 6.07) is 18.8. The normalized spacial score (nSPS) is 11.1. The lowest BCUT2D eigenvalue weighted by atomic mass is 10.0. The van der Waals surface area contributed by atoms with E-state index in [2.05, 4.69) is 10.6 Å². The van der Waals surface area contributed by atoms with Gasteiger partial charge in [0.1, 0.15) is 0 Å². The molecule has 0 radical (unpaired) electrons. The van der Waals surface area contributed by atoms with E-state index in [1.165, 1.54) is 6.07 Å². The molecule has 0 heterocycles. The van der Waals surface area contributed by atoms with Crippen LogP contribution in [0.5, 0.6) is 0 Å². The van der Waals surface area contributed by atoms with Crippen LogP contribution in [0.25, 0.3) is 11.1 Å². The molecule has 144 valence electrons. The van der Waals surface area contributed by atoms with Gasteiger partial charge in [-0.3, -0.25) is 4.55 Å². The molecule has 0 aliphatic heterocycles. The van der Waals surface area contributed by atoms with Crippen LogP contribution in [0, 0.1) is 13.8 Å². The van der Waals surface area contributed by atoms with E-state index in [9.17, 15) is 17.8 Å². The molecule has 3 aromatic rings. The smallest absolute Gasteiger partial charge is 0.308 e. The van der Waals surface area contributed by atoms with Crippen molar-refractivity contribution < 1.29 is 17.8 Å². The molecular formula is C21H20N2O4S. The van der Waals surface area contributed by atoms with Crippen LogP contribution < -0.4 is 10.6 Å². The number of carbonyl (C=O) groups is 1. The zero-order chi connectivity index (χ0) is 20.3. The molecule has 0 fully saturated rings. The average molecular weight is 396 g/mol. The summed E-state index contributed by atoms with van der Waals surface area (Å²) >= 11 is 0. The van der Waals surface area contributed by atoms with Crippen molar-refractivity contribution >= 4 is 27.5 Å². The van der Waals surface area contributed by atoms with Crippen LogP contribution in [0.15, 0.2) is 71.6 Å². The minimum atomic E-state index is -4.29. The summed E-state index contributed by atoms with van der Waals surface area (Å²) in [4.78, 5) is 12.0. The Kier molecular flexibility index (Phi) is 5.48. The van der Waals surface area contributed by atoms with Crippen molar-refractivity contribution in [2.75, 3.05) is 10.6 Å². The topological polar surface area (TPSA) is 95.5 Å². The first kappa shape index (κ1) is 19.6. The van der Waals surface area contributed by atoms with E-state index >= 15 is 0 Å². The predicted octanol–water partition coefficient (Wildman–Crippen LogP) is 4.86. The van der Waals surface area contributed by atoms with Crippen molar-refractivity contribution in [2.24, 2.45) is 0 Å². The van der Waals surface area contributed by atoms with Crippen LogP contribution in [-0.4, -0.2) is 19.0 Å². The van der Waals surface area contributed by atoms with Gasteiger partial charge in [0.25, 0.3) is 10.1 Å². The molecule has 0 bridgehead atoms. The molecule has 28 heavy (non-hydrogen) atoms. The molecule has 0 aliphatic rings. The van der Waals surface area contributed by atoms with Gasteiger partial charge in [-0.1, -0.05) is 36.4 Å². The molecule has 7 heteroatoms. The summed E-state index contributed by atoms with van der Waals surface area (Å²) in [7, 11) is -4.29. The van der Waals surface area contributed by atoms with E-state index in [1.807, 2.05) is 25.1 Å². The van der Waals surface area contributed by atoms with E-state index in [0.717, 1.165) is 11.1 Å². The number of hydrogen-bond donors (Lipinski definition) is 3. The standard InChI is InChI=1S/C21H20N2O4S/c1-14-5-3-6-18(13-14)23-21(24)22-17-11-9-16(10-12-17)19-7-4-8-20(15(19)2)28(25,26)27/h3-13H,1-2H3,(H2,22,23,24)(H,25,26,27). The van der Waals surface area contributed by atoms with Gasteiger partial charge in [0.15, 0.2) is 0 Å². The van der Waals surface area contributed by atoms with Crippen LogP contribution in [-0.2, 0) is 10.1 Å². The van der Waals surface area contributed by atoms with Crippen molar-refractivity contribution in [1.82, 2.24) is 0 Å². The number of hydrogen-bond acceptors (Lipinski definition) is 3. The molecule has 3 aromatic carbocycles. The number of benzene rings is 3. The van der Waals surface area contributed by atoms with Crippen LogP contribution in [0.4, 0.5) is 16.2 Å². The van der Waals surface area contributed by atoms with Crippen molar-refractivity contribution in [3.63, 3.8) is 0 Å². The monoisotopic (exact) mass is 396 g/mol. The van der Waals surface area contributed by atoms with Crippen LogP contribution in [0.2, 0.25) is 0 Å². The molecule has 3 rings (SSSR count). The van der Waals surface area contributed by atoms with Gasteiger partial charge in [-0.15, -0.1) is 0 Å². The Hall–Kier alpha value is -3.16. The van der Waals surface area contributed by atoms with Crippen molar-refractivity contribution in [3.05, 3.63) is 77.9 Å². The first-order valence-corrected chi connectivity index (χ1v) is 10.0. The second-order valence-electron chi connectivity index (χ2n) is 6.43. The fraction of sp³-hybridized carbons (Fsp3) is 0.0952. The lowest BCUT2D eigenvalue weighted by molar-refractivity contribution is 0.262. The first-order valence-electron chi connectivity index (χ1n) is 8.56. The van der Waals surface area contributed by atoms with Crippen molar-refractivity contribution in [2.45, 2.75) is 18.7 Å². The Labute approximate surface area is 164 Å². The summed E-state index contributed by atoms with van der Waals surface area (Å²) in [5.41, 5.74) is 4.26. The average Bonchev–Trinajstić information content (AvgIpc) is 2.61. The number of aryl methyl sites for hydroxylation is 1. The molecule has 3 N–H and O–H groups in total. The highest BCUT2D eigenvalue weighted by Gasteiger charge is 2.16. The third kappa shape index (κ3) is 4.57. The number of rotatable bonds is 4. The number of anilines is 2. The molecule has 0 aromatic heterocycles. The zero-order valence-electron chi connectivity index (χ0n) is 15.4. The van der Waals surface area contributed by atoms with E-state index < -0.39 is 10.1 Å². The van der Waals surface area contributed by atoms with Gasteiger partial charge in [0, 0.05) is 11.4 Å². The SMILES string of the molecule is Cc1cccc(NC(=O)Nc2ccc(-c3cccc(S(=O)(=O)O)c3C)cc2)c1. The number of nitrogens with one attached hydrogen (secondary N) is 2. The summed E-state index contributed by atoms with van der Waals surface area (Å²) < 4.78 is 32.3. The maximum Gasteiger partial charge on any atom is 0.323 e. The Morgan fingerprint density at radius 2 is 1.50 bits per heavy atom. The summed E-state index contributed by atoms with van der Waals surface area (Å²) in [5, 5.41) is 5.52. The minimum absolute atomic E-state index is 0.121. The van der Waals surface area contributed by atoms with Gasteiger partial charge >= 0.3 is 6.03 Å². The minimum Gasteiger partial charge on any atom is -0.308 e. The molecule has 0 saturated heterocycles. The van der Waals surface area contributed by atoms with Gasteiger partial charge in [-0.05, 0) is 66.4 Å². The number of amides is 2. The molecular weight excluding hydrogens is 376 g/mol. The van der Waals surface area contributed by atoms with Crippen molar-refractivity contribution in [3.8, 4) is 11.1 Å². The molecule has 0 spiro atoms. The second kappa shape index (κ2) is 7.84. The molecule has 0 unspecified atom stereocenters. The third-order valence-corrected chi connectivity index (χ3v) is 5.29. The predicted molar refractivity (Wildman–Crippen MR) is 110 cm³/mol. The van der Waals surface area contributed by atoms with Gasteiger partial charge in [-0.25, -0.2) is 4.79 Å².